The zero-order chi connectivity index (χ0) is 33.4. The highest BCUT2D eigenvalue weighted by Gasteiger charge is 2.55. The van der Waals surface area contributed by atoms with Crippen molar-refractivity contribution in [2.45, 2.75) is 61.2 Å². The molecule has 0 spiro atoms. The second-order valence-corrected chi connectivity index (χ2v) is 9.23. The Hall–Kier alpha value is -4.15. The summed E-state index contributed by atoms with van der Waals surface area (Å²) in [6, 6.07) is 0. The third kappa shape index (κ3) is 10.8. The van der Waals surface area contributed by atoms with Crippen LogP contribution in [-0.4, -0.2) is 120 Å². The minimum Gasteiger partial charge on any atom is -0.460 e. The van der Waals surface area contributed by atoms with Crippen molar-refractivity contribution in [1.82, 2.24) is 0 Å². The van der Waals surface area contributed by atoms with Gasteiger partial charge in [0.25, 0.3) is 0 Å². The molecule has 0 radical (unpaired) electrons. The van der Waals surface area contributed by atoms with Crippen molar-refractivity contribution in [1.29, 1.82) is 0 Å². The second kappa shape index (κ2) is 18.5. The first kappa shape index (κ1) is 37.9. The number of aliphatic hydroxyl groups is 3. The quantitative estimate of drug-likeness (QED) is 0.0874. The topological polar surface area (TPSA) is 211 Å². The van der Waals surface area contributed by atoms with E-state index in [4.69, 9.17) is 33.2 Å². The Kier molecular flexibility index (Phi) is 15.9. The van der Waals surface area contributed by atoms with Gasteiger partial charge in [-0.05, 0) is 12.8 Å². The molecule has 3 N–H and O–H groups in total. The van der Waals surface area contributed by atoms with Gasteiger partial charge in [-0.25, -0.2) is 24.0 Å². The lowest BCUT2D eigenvalue weighted by Crippen LogP contribution is -2.52. The summed E-state index contributed by atoms with van der Waals surface area (Å²) in [6.07, 6.45) is -7.66. The van der Waals surface area contributed by atoms with Gasteiger partial charge in [-0.1, -0.05) is 32.9 Å². The molecule has 0 aromatic carbocycles. The molecule has 1 aliphatic heterocycles. The van der Waals surface area contributed by atoms with E-state index in [9.17, 15) is 39.3 Å². The molecule has 244 valence electrons. The summed E-state index contributed by atoms with van der Waals surface area (Å²) in [5, 5.41) is 33.0. The van der Waals surface area contributed by atoms with E-state index < -0.39 is 98.0 Å². The molecular weight excluding hydrogens is 588 g/mol. The number of esters is 5. The molecule has 1 heterocycles. The average Bonchev–Trinajstić information content (AvgIpc) is 3.27. The van der Waals surface area contributed by atoms with Crippen molar-refractivity contribution in [2.24, 2.45) is 0 Å². The molecule has 15 heteroatoms. The van der Waals surface area contributed by atoms with Gasteiger partial charge in [0.15, 0.2) is 6.10 Å². The number of methoxy groups -OCH3 is 1. The van der Waals surface area contributed by atoms with Crippen molar-refractivity contribution < 1.29 is 72.5 Å². The highest BCUT2D eigenvalue weighted by Crippen LogP contribution is 2.37. The van der Waals surface area contributed by atoms with E-state index >= 15 is 0 Å². The van der Waals surface area contributed by atoms with Gasteiger partial charge in [0.05, 0.1) is 0 Å². The van der Waals surface area contributed by atoms with Crippen molar-refractivity contribution in [3.63, 3.8) is 0 Å². The van der Waals surface area contributed by atoms with Crippen molar-refractivity contribution >= 4 is 29.8 Å². The Morgan fingerprint density at radius 1 is 0.795 bits per heavy atom. The first-order valence-electron chi connectivity index (χ1n) is 13.1. The smallest absolute Gasteiger partial charge is 0.330 e. The molecule has 15 nitrogen and oxygen atoms in total. The normalized spacial score (nSPS) is 23.4. The van der Waals surface area contributed by atoms with Gasteiger partial charge in [0.1, 0.15) is 62.0 Å². The van der Waals surface area contributed by atoms with Crippen LogP contribution in [0.15, 0.2) is 63.3 Å². The van der Waals surface area contributed by atoms with E-state index in [2.05, 4.69) is 32.9 Å². The molecule has 8 atom stereocenters. The monoisotopic (exact) mass is 626 g/mol. The number of hydrogen-bond donors (Lipinski definition) is 3. The summed E-state index contributed by atoms with van der Waals surface area (Å²) in [5.74, 6) is -4.61. The van der Waals surface area contributed by atoms with E-state index in [0.29, 0.717) is 0 Å². The van der Waals surface area contributed by atoms with E-state index in [1.807, 2.05) is 0 Å². The third-order valence-electron chi connectivity index (χ3n) is 6.46. The highest BCUT2D eigenvalue weighted by atomic mass is 16.6. The van der Waals surface area contributed by atoms with Gasteiger partial charge in [-0.3, -0.25) is 0 Å². The van der Waals surface area contributed by atoms with E-state index in [0.717, 1.165) is 30.4 Å². The summed E-state index contributed by atoms with van der Waals surface area (Å²) in [4.78, 5) is 59.4. The Labute approximate surface area is 253 Å². The fourth-order valence-corrected chi connectivity index (χ4v) is 4.12. The number of carbonyl (C=O) groups excluding carboxylic acids is 5. The van der Waals surface area contributed by atoms with Gasteiger partial charge in [-0.15, -0.1) is 0 Å². The minimum atomic E-state index is -1.89. The average molecular weight is 627 g/mol. The van der Waals surface area contributed by atoms with E-state index in [1.165, 1.54) is 7.11 Å². The fraction of sp³-hybridized carbons (Fsp3) is 0.483. The maximum Gasteiger partial charge on any atom is 0.330 e. The van der Waals surface area contributed by atoms with Crippen LogP contribution in [0.4, 0.5) is 0 Å². The van der Waals surface area contributed by atoms with Crippen molar-refractivity contribution in [3.05, 3.63) is 63.3 Å². The fourth-order valence-electron chi connectivity index (χ4n) is 4.12. The molecule has 0 aromatic rings. The first-order valence-corrected chi connectivity index (χ1v) is 13.1. The molecule has 1 fully saturated rings. The van der Waals surface area contributed by atoms with Gasteiger partial charge in [-0.2, -0.15) is 0 Å². The highest BCUT2D eigenvalue weighted by molar-refractivity contribution is 5.83. The molecule has 0 amide bonds. The van der Waals surface area contributed by atoms with E-state index in [-0.39, 0.29) is 12.8 Å². The third-order valence-corrected chi connectivity index (χ3v) is 6.46. The largest absolute Gasteiger partial charge is 0.460 e. The SMILES string of the molecule is C=CC(=O)OCC1OC(CCC(OC(=O)C=C)C(O)C(OC(=O)C=C)C(COC(=O)C=C)OC)(COC(=O)C=C)C(O)C1O. The Morgan fingerprint density at radius 3 is 1.86 bits per heavy atom. The molecule has 8 unspecified atom stereocenters. The first-order chi connectivity index (χ1) is 20.8. The van der Waals surface area contributed by atoms with Crippen LogP contribution in [0.25, 0.3) is 0 Å². The molecule has 44 heavy (non-hydrogen) atoms. The van der Waals surface area contributed by atoms with Crippen LogP contribution in [0.3, 0.4) is 0 Å². The lowest BCUT2D eigenvalue weighted by molar-refractivity contribution is -0.187. The van der Waals surface area contributed by atoms with Crippen LogP contribution in [0.2, 0.25) is 0 Å². The summed E-state index contributed by atoms with van der Waals surface area (Å²) in [7, 11) is 1.17. The van der Waals surface area contributed by atoms with Gasteiger partial charge >= 0.3 is 29.8 Å². The number of ether oxygens (including phenoxy) is 7. The number of carbonyl (C=O) groups is 5. The van der Waals surface area contributed by atoms with Crippen LogP contribution in [0.1, 0.15) is 12.8 Å². The molecule has 1 rings (SSSR count). The Morgan fingerprint density at radius 2 is 1.32 bits per heavy atom. The minimum absolute atomic E-state index is 0.376. The van der Waals surface area contributed by atoms with Crippen LogP contribution < -0.4 is 0 Å². The number of aliphatic hydroxyl groups excluding tert-OH is 3. The summed E-state index contributed by atoms with van der Waals surface area (Å²) >= 11 is 0. The zero-order valence-corrected chi connectivity index (χ0v) is 24.2. The maximum absolute atomic E-state index is 12.3. The standard InChI is InChI=1S/C29H38O15/c1-7-20(30)39-14-18-26(36)28(37)29(44-18,16-41-22(32)9-3)13-12-17(42-23(33)10-4)25(35)27(43-24(34)11-5)19(38-6)15-40-21(31)8-2/h7-11,17-19,25-28,35-37H,1-5,12-16H2,6H3. The summed E-state index contributed by atoms with van der Waals surface area (Å²) in [6.45, 7) is 14.7. The van der Waals surface area contributed by atoms with Gasteiger partial charge in [0.2, 0.25) is 0 Å². The van der Waals surface area contributed by atoms with Gasteiger partial charge in [0, 0.05) is 37.5 Å². The molecule has 0 saturated carbocycles. The molecule has 0 aliphatic carbocycles. The molecule has 0 aromatic heterocycles. The van der Waals surface area contributed by atoms with Crippen LogP contribution in [0.5, 0.6) is 0 Å². The van der Waals surface area contributed by atoms with Crippen molar-refractivity contribution in [3.8, 4) is 0 Å². The van der Waals surface area contributed by atoms with Crippen molar-refractivity contribution in [2.75, 3.05) is 26.9 Å². The Bertz CT molecular complexity index is 1080. The second-order valence-electron chi connectivity index (χ2n) is 9.23. The predicted octanol–water partition coefficient (Wildman–Crippen LogP) is -0.615. The zero-order valence-electron chi connectivity index (χ0n) is 24.2. The number of rotatable bonds is 20. The van der Waals surface area contributed by atoms with Crippen LogP contribution in [-0.2, 0) is 57.1 Å². The maximum atomic E-state index is 12.3. The van der Waals surface area contributed by atoms with Gasteiger partial charge < -0.3 is 48.5 Å². The van der Waals surface area contributed by atoms with Crippen LogP contribution in [0, 0.1) is 0 Å². The molecule has 1 saturated heterocycles. The van der Waals surface area contributed by atoms with E-state index in [1.54, 1.807) is 0 Å². The summed E-state index contributed by atoms with van der Waals surface area (Å²) < 4.78 is 36.7. The van der Waals surface area contributed by atoms with Crippen LogP contribution >= 0.6 is 0 Å². The Balaban J connectivity index is 3.43. The number of hydrogen-bond acceptors (Lipinski definition) is 15. The molecule has 0 bridgehead atoms. The lowest BCUT2D eigenvalue weighted by atomic mass is 9.87. The molecule has 1 aliphatic rings. The summed E-state index contributed by atoms with van der Waals surface area (Å²) in [5.41, 5.74) is -1.89. The lowest BCUT2D eigenvalue weighted by Gasteiger charge is -2.36. The predicted molar refractivity (Wildman–Crippen MR) is 149 cm³/mol. The molecular formula is C29H38O15.